The van der Waals surface area contributed by atoms with E-state index in [9.17, 15) is 9.59 Å². The van der Waals surface area contributed by atoms with Crippen LogP contribution in [0.2, 0.25) is 0 Å². The largest absolute Gasteiger partial charge is 0.349 e. The van der Waals surface area contributed by atoms with Crippen LogP contribution in [0.5, 0.6) is 0 Å². The van der Waals surface area contributed by atoms with Gasteiger partial charge in [0, 0.05) is 19.3 Å². The number of pyridine rings is 1. The van der Waals surface area contributed by atoms with Gasteiger partial charge in [0.1, 0.15) is 0 Å². The molecule has 0 aliphatic carbocycles. The molecule has 6 heteroatoms. The predicted octanol–water partition coefficient (Wildman–Crippen LogP) is 4.44. The Kier molecular flexibility index (Phi) is 6.33. The monoisotopic (exact) mass is 419 g/mol. The number of benzene rings is 2. The number of carbonyl (C=O) groups is 2. The number of carbonyl (C=O) groups excluding carboxylic acids is 2. The van der Waals surface area contributed by atoms with Crippen molar-refractivity contribution in [3.8, 4) is 0 Å². The van der Waals surface area contributed by atoms with E-state index >= 15 is 0 Å². The third kappa shape index (κ3) is 4.82. The molecule has 4 rings (SSSR count). The highest BCUT2D eigenvalue weighted by molar-refractivity contribution is 7.99. The van der Waals surface area contributed by atoms with Crippen LogP contribution in [0.15, 0.2) is 65.8 Å². The number of likely N-dealkylation sites (tertiary alicyclic amines) is 1. The van der Waals surface area contributed by atoms with Gasteiger partial charge < -0.3 is 10.2 Å². The first kappa shape index (κ1) is 20.4. The highest BCUT2D eigenvalue weighted by atomic mass is 32.2. The summed E-state index contributed by atoms with van der Waals surface area (Å²) in [5.41, 5.74) is 1.69. The zero-order chi connectivity index (χ0) is 20.9. The molecule has 0 radical (unpaired) electrons. The molecule has 1 fully saturated rings. The summed E-state index contributed by atoms with van der Waals surface area (Å²) in [4.78, 5) is 31.0. The second-order valence-electron chi connectivity index (χ2n) is 7.57. The molecule has 2 heterocycles. The summed E-state index contributed by atoms with van der Waals surface area (Å²) in [6.45, 7) is 3.64. The van der Waals surface area contributed by atoms with Crippen molar-refractivity contribution in [3.05, 3.63) is 71.9 Å². The maximum Gasteiger partial charge on any atom is 0.255 e. The molecule has 0 bridgehead atoms. The summed E-state index contributed by atoms with van der Waals surface area (Å²) in [5.74, 6) is 0.280. The van der Waals surface area contributed by atoms with Gasteiger partial charge >= 0.3 is 0 Å². The van der Waals surface area contributed by atoms with Gasteiger partial charge in [-0.3, -0.25) is 9.59 Å². The Morgan fingerprint density at radius 1 is 1.07 bits per heavy atom. The Bertz CT molecular complexity index is 1050. The standard InChI is InChI=1S/C24H25N3O2S/c1-17(19-9-8-18-6-2-3-7-20(18)14-19)26-22(28)16-30-23-11-10-21(15-25-23)24(29)27-12-4-5-13-27/h2-3,6-11,14-15,17H,4-5,12-13,16H2,1H3,(H,26,28). The quantitative estimate of drug-likeness (QED) is 0.600. The molecule has 1 aromatic heterocycles. The lowest BCUT2D eigenvalue weighted by atomic mass is 10.0. The molecule has 0 saturated carbocycles. The van der Waals surface area contributed by atoms with E-state index in [1.807, 2.05) is 30.0 Å². The van der Waals surface area contributed by atoms with Gasteiger partial charge in [0.15, 0.2) is 0 Å². The number of aromatic nitrogens is 1. The molecule has 1 aliphatic heterocycles. The summed E-state index contributed by atoms with van der Waals surface area (Å²) in [6, 6.07) is 18.0. The lowest BCUT2D eigenvalue weighted by Crippen LogP contribution is -2.28. The second kappa shape index (κ2) is 9.30. The molecular weight excluding hydrogens is 394 g/mol. The fraction of sp³-hybridized carbons (Fsp3) is 0.292. The van der Waals surface area contributed by atoms with Crippen LogP contribution in [0, 0.1) is 0 Å². The van der Waals surface area contributed by atoms with E-state index in [1.54, 1.807) is 12.3 Å². The van der Waals surface area contributed by atoms with Crippen LogP contribution in [0.4, 0.5) is 0 Å². The Morgan fingerprint density at radius 2 is 1.83 bits per heavy atom. The first-order chi connectivity index (χ1) is 14.6. The summed E-state index contributed by atoms with van der Waals surface area (Å²) in [6.07, 6.45) is 3.75. The first-order valence-corrected chi connectivity index (χ1v) is 11.2. The molecule has 3 aromatic rings. The Morgan fingerprint density at radius 3 is 2.57 bits per heavy atom. The molecule has 0 spiro atoms. The smallest absolute Gasteiger partial charge is 0.255 e. The summed E-state index contributed by atoms with van der Waals surface area (Å²) in [7, 11) is 0. The van der Waals surface area contributed by atoms with Crippen LogP contribution < -0.4 is 5.32 Å². The van der Waals surface area contributed by atoms with E-state index in [0.29, 0.717) is 5.56 Å². The van der Waals surface area contributed by atoms with Crippen molar-refractivity contribution in [3.63, 3.8) is 0 Å². The SMILES string of the molecule is CC(NC(=O)CSc1ccc(C(=O)N2CCCC2)cn1)c1ccc2ccccc2c1. The van der Waals surface area contributed by atoms with Crippen molar-refractivity contribution >= 4 is 34.3 Å². The summed E-state index contributed by atoms with van der Waals surface area (Å²) >= 11 is 1.37. The maximum atomic E-state index is 12.4. The molecule has 5 nitrogen and oxygen atoms in total. The number of hydrogen-bond donors (Lipinski definition) is 1. The predicted molar refractivity (Wildman–Crippen MR) is 121 cm³/mol. The van der Waals surface area contributed by atoms with Crippen molar-refractivity contribution < 1.29 is 9.59 Å². The number of nitrogens with zero attached hydrogens (tertiary/aromatic N) is 2. The van der Waals surface area contributed by atoms with E-state index in [4.69, 9.17) is 0 Å². The molecule has 1 aliphatic rings. The highest BCUT2D eigenvalue weighted by Gasteiger charge is 2.19. The Hall–Kier alpha value is -2.86. The van der Waals surface area contributed by atoms with Gasteiger partial charge in [0.25, 0.3) is 5.91 Å². The summed E-state index contributed by atoms with van der Waals surface area (Å²) < 4.78 is 0. The van der Waals surface area contributed by atoms with Crippen molar-refractivity contribution in [2.45, 2.75) is 30.8 Å². The van der Waals surface area contributed by atoms with E-state index in [2.05, 4.69) is 40.6 Å². The van der Waals surface area contributed by atoms with Crippen molar-refractivity contribution in [2.24, 2.45) is 0 Å². The van der Waals surface area contributed by atoms with Gasteiger partial charge in [-0.05, 0) is 54.3 Å². The zero-order valence-corrected chi connectivity index (χ0v) is 17.8. The minimum Gasteiger partial charge on any atom is -0.349 e. The van der Waals surface area contributed by atoms with Gasteiger partial charge in [0.2, 0.25) is 5.91 Å². The molecule has 2 amide bonds. The van der Waals surface area contributed by atoms with Gasteiger partial charge in [-0.2, -0.15) is 0 Å². The van der Waals surface area contributed by atoms with Crippen LogP contribution in [0.3, 0.4) is 0 Å². The Balaban J connectivity index is 1.30. The van der Waals surface area contributed by atoms with E-state index in [-0.39, 0.29) is 23.6 Å². The minimum atomic E-state index is -0.0730. The average Bonchev–Trinajstić information content (AvgIpc) is 3.32. The lowest BCUT2D eigenvalue weighted by Gasteiger charge is -2.15. The maximum absolute atomic E-state index is 12.4. The molecule has 1 unspecified atom stereocenters. The average molecular weight is 420 g/mol. The lowest BCUT2D eigenvalue weighted by molar-refractivity contribution is -0.119. The van der Waals surface area contributed by atoms with Crippen molar-refractivity contribution in [2.75, 3.05) is 18.8 Å². The number of hydrogen-bond acceptors (Lipinski definition) is 4. The Labute approximate surface area is 180 Å². The fourth-order valence-corrected chi connectivity index (χ4v) is 4.33. The van der Waals surface area contributed by atoms with E-state index in [1.165, 1.54) is 22.5 Å². The topological polar surface area (TPSA) is 62.3 Å². The number of nitrogens with one attached hydrogen (secondary N) is 1. The third-order valence-corrected chi connectivity index (χ3v) is 6.32. The van der Waals surface area contributed by atoms with Gasteiger partial charge in [-0.25, -0.2) is 4.98 Å². The van der Waals surface area contributed by atoms with Crippen LogP contribution in [0.25, 0.3) is 10.8 Å². The normalized spacial score (nSPS) is 14.6. The van der Waals surface area contributed by atoms with Crippen molar-refractivity contribution in [1.29, 1.82) is 0 Å². The number of thioether (sulfide) groups is 1. The van der Waals surface area contributed by atoms with Crippen molar-refractivity contribution in [1.82, 2.24) is 15.2 Å². The third-order valence-electron chi connectivity index (χ3n) is 5.38. The molecular formula is C24H25N3O2S. The zero-order valence-electron chi connectivity index (χ0n) is 17.0. The number of amides is 2. The van der Waals surface area contributed by atoms with Gasteiger partial charge in [-0.1, -0.05) is 48.2 Å². The van der Waals surface area contributed by atoms with Crippen LogP contribution in [0.1, 0.15) is 41.7 Å². The molecule has 2 aromatic carbocycles. The molecule has 30 heavy (non-hydrogen) atoms. The van der Waals surface area contributed by atoms with Gasteiger partial charge in [0.05, 0.1) is 22.4 Å². The molecule has 1 N–H and O–H groups in total. The number of fused-ring (bicyclic) bond motifs is 1. The van der Waals surface area contributed by atoms with E-state index in [0.717, 1.165) is 36.5 Å². The molecule has 1 saturated heterocycles. The summed E-state index contributed by atoms with van der Waals surface area (Å²) in [5, 5.41) is 6.14. The van der Waals surface area contributed by atoms with Crippen LogP contribution in [-0.2, 0) is 4.79 Å². The minimum absolute atomic E-state index is 0.0403. The molecule has 154 valence electrons. The van der Waals surface area contributed by atoms with E-state index < -0.39 is 0 Å². The van der Waals surface area contributed by atoms with Gasteiger partial charge in [-0.15, -0.1) is 0 Å². The van der Waals surface area contributed by atoms with Crippen LogP contribution >= 0.6 is 11.8 Å². The second-order valence-corrected chi connectivity index (χ2v) is 8.56. The number of rotatable bonds is 6. The van der Waals surface area contributed by atoms with Crippen LogP contribution in [-0.4, -0.2) is 40.5 Å². The highest BCUT2D eigenvalue weighted by Crippen LogP contribution is 2.21. The molecule has 1 atom stereocenters. The fourth-order valence-electron chi connectivity index (χ4n) is 3.68. The first-order valence-electron chi connectivity index (χ1n) is 10.3.